The highest BCUT2D eigenvalue weighted by molar-refractivity contribution is 6.00. The number of pyridine rings is 1. The number of benzene rings is 1. The van der Waals surface area contributed by atoms with Crippen molar-refractivity contribution >= 4 is 23.3 Å². The minimum absolute atomic E-state index is 0.0312. The van der Waals surface area contributed by atoms with Crippen molar-refractivity contribution in [2.75, 3.05) is 44.1 Å². The molecule has 8 heteroatoms. The summed E-state index contributed by atoms with van der Waals surface area (Å²) in [6.45, 7) is 0.929. The maximum atomic E-state index is 12.6. The molecule has 0 unspecified atom stereocenters. The maximum absolute atomic E-state index is 12.6. The quantitative estimate of drug-likeness (QED) is 0.856. The third kappa shape index (κ3) is 3.69. The number of carbonyl (C=O) groups excluding carboxylic acids is 2. The van der Waals surface area contributed by atoms with Gasteiger partial charge in [-0.25, -0.2) is 9.78 Å². The number of amides is 3. The van der Waals surface area contributed by atoms with Crippen molar-refractivity contribution in [3.63, 3.8) is 0 Å². The smallest absolute Gasteiger partial charge is 0.325 e. The fraction of sp³-hybridized carbons (Fsp3) is 0.278. The first kappa shape index (κ1) is 17.5. The van der Waals surface area contributed by atoms with Crippen LogP contribution in [-0.4, -0.2) is 55.7 Å². The average Bonchev–Trinajstić information content (AvgIpc) is 3.02. The van der Waals surface area contributed by atoms with Crippen molar-refractivity contribution in [3.8, 4) is 11.6 Å². The summed E-state index contributed by atoms with van der Waals surface area (Å²) in [5.41, 5.74) is 1.24. The van der Waals surface area contributed by atoms with E-state index in [1.54, 1.807) is 30.2 Å². The number of anilines is 2. The van der Waals surface area contributed by atoms with Gasteiger partial charge in [-0.3, -0.25) is 9.69 Å². The van der Waals surface area contributed by atoms with Crippen LogP contribution in [0, 0.1) is 0 Å². The molecule has 0 saturated carbocycles. The second-order valence-electron chi connectivity index (χ2n) is 5.67. The molecule has 1 saturated heterocycles. The van der Waals surface area contributed by atoms with Gasteiger partial charge >= 0.3 is 6.03 Å². The Hall–Kier alpha value is -3.29. The number of aromatic nitrogens is 1. The van der Waals surface area contributed by atoms with Crippen LogP contribution in [0.2, 0.25) is 0 Å². The first-order valence-corrected chi connectivity index (χ1v) is 8.11. The summed E-state index contributed by atoms with van der Waals surface area (Å²) in [4.78, 5) is 32.0. The van der Waals surface area contributed by atoms with Gasteiger partial charge < -0.3 is 19.7 Å². The number of hydrogen-bond acceptors (Lipinski definition) is 5. The van der Waals surface area contributed by atoms with Gasteiger partial charge in [0.15, 0.2) is 0 Å². The Labute approximate surface area is 151 Å². The Morgan fingerprint density at radius 2 is 1.96 bits per heavy atom. The number of nitrogens with one attached hydrogen (secondary N) is 1. The zero-order valence-electron chi connectivity index (χ0n) is 14.6. The fourth-order valence-corrected chi connectivity index (χ4v) is 2.75. The van der Waals surface area contributed by atoms with Gasteiger partial charge in [0.1, 0.15) is 12.3 Å². The van der Waals surface area contributed by atoms with Gasteiger partial charge in [0.25, 0.3) is 0 Å². The number of hydrogen-bond donors (Lipinski definition) is 1. The summed E-state index contributed by atoms with van der Waals surface area (Å²) in [6, 6.07) is 10.4. The number of nitrogens with zero attached hydrogens (tertiary/aromatic N) is 3. The van der Waals surface area contributed by atoms with E-state index in [1.807, 2.05) is 18.2 Å². The van der Waals surface area contributed by atoms with Gasteiger partial charge in [-0.1, -0.05) is 12.1 Å². The van der Waals surface area contributed by atoms with Crippen molar-refractivity contribution in [2.45, 2.75) is 0 Å². The Bertz CT molecular complexity index is 794. The fourth-order valence-electron chi connectivity index (χ4n) is 2.75. The molecule has 0 atom stereocenters. The predicted molar refractivity (Wildman–Crippen MR) is 96.7 cm³/mol. The number of methoxy groups -OCH3 is 2. The molecule has 136 valence electrons. The van der Waals surface area contributed by atoms with Crippen LogP contribution in [-0.2, 0) is 4.79 Å². The van der Waals surface area contributed by atoms with Crippen LogP contribution < -0.4 is 19.7 Å². The van der Waals surface area contributed by atoms with Gasteiger partial charge in [-0.2, -0.15) is 0 Å². The molecule has 0 spiro atoms. The Morgan fingerprint density at radius 1 is 1.15 bits per heavy atom. The molecular weight excluding hydrogens is 336 g/mol. The molecule has 3 rings (SSSR count). The van der Waals surface area contributed by atoms with E-state index in [0.29, 0.717) is 36.1 Å². The third-order valence-electron chi connectivity index (χ3n) is 4.03. The van der Waals surface area contributed by atoms with Crippen molar-refractivity contribution in [2.24, 2.45) is 0 Å². The predicted octanol–water partition coefficient (Wildman–Crippen LogP) is 1.98. The van der Waals surface area contributed by atoms with E-state index in [9.17, 15) is 9.59 Å². The number of urea groups is 1. The molecule has 0 radical (unpaired) electrons. The van der Waals surface area contributed by atoms with Crippen molar-refractivity contribution in [3.05, 3.63) is 42.6 Å². The summed E-state index contributed by atoms with van der Waals surface area (Å²) in [5, 5.41) is 2.72. The van der Waals surface area contributed by atoms with Gasteiger partial charge in [0.2, 0.25) is 11.8 Å². The Kier molecular flexibility index (Phi) is 5.21. The first-order valence-electron chi connectivity index (χ1n) is 8.11. The lowest BCUT2D eigenvalue weighted by atomic mass is 10.2. The highest BCUT2D eigenvalue weighted by Gasteiger charge is 2.32. The maximum Gasteiger partial charge on any atom is 0.325 e. The van der Waals surface area contributed by atoms with Crippen molar-refractivity contribution in [1.29, 1.82) is 0 Å². The van der Waals surface area contributed by atoms with Crippen LogP contribution in [0.15, 0.2) is 42.6 Å². The normalized spacial score (nSPS) is 13.7. The molecule has 0 aliphatic carbocycles. The largest absolute Gasteiger partial charge is 0.495 e. The van der Waals surface area contributed by atoms with Crippen LogP contribution in [0.5, 0.6) is 11.6 Å². The van der Waals surface area contributed by atoms with E-state index in [1.165, 1.54) is 18.2 Å². The van der Waals surface area contributed by atoms with E-state index in [0.717, 1.165) is 0 Å². The molecule has 1 aromatic heterocycles. The van der Waals surface area contributed by atoms with Crippen LogP contribution in [0.1, 0.15) is 0 Å². The minimum atomic E-state index is -0.285. The molecule has 1 fully saturated rings. The summed E-state index contributed by atoms with van der Waals surface area (Å²) >= 11 is 0. The molecule has 1 N–H and O–H groups in total. The molecular formula is C18H20N4O4. The summed E-state index contributed by atoms with van der Waals surface area (Å²) < 4.78 is 10.3. The zero-order valence-corrected chi connectivity index (χ0v) is 14.6. The lowest BCUT2D eigenvalue weighted by Gasteiger charge is -2.20. The standard InChI is InChI=1S/C18H20N4O4/c1-25-15-6-4-3-5-14(15)22-10-9-21(18(22)24)12-16(23)20-13-7-8-17(26-2)19-11-13/h3-8,11H,9-10,12H2,1-2H3,(H,20,23). The highest BCUT2D eigenvalue weighted by atomic mass is 16.5. The van der Waals surface area contributed by atoms with Crippen LogP contribution >= 0.6 is 0 Å². The molecule has 8 nitrogen and oxygen atoms in total. The molecule has 1 aromatic carbocycles. The molecule has 2 heterocycles. The van der Waals surface area contributed by atoms with E-state index in [4.69, 9.17) is 9.47 Å². The lowest BCUT2D eigenvalue weighted by Crippen LogP contribution is -2.37. The van der Waals surface area contributed by atoms with E-state index >= 15 is 0 Å². The van der Waals surface area contributed by atoms with Crippen LogP contribution in [0.25, 0.3) is 0 Å². The Balaban J connectivity index is 1.62. The summed E-state index contributed by atoms with van der Waals surface area (Å²) in [7, 11) is 3.08. The van der Waals surface area contributed by atoms with E-state index < -0.39 is 0 Å². The number of rotatable bonds is 6. The summed E-state index contributed by atoms with van der Waals surface area (Å²) in [5.74, 6) is 0.800. The highest BCUT2D eigenvalue weighted by Crippen LogP contribution is 2.30. The molecule has 2 aromatic rings. The van der Waals surface area contributed by atoms with Crippen LogP contribution in [0.4, 0.5) is 16.2 Å². The molecule has 0 bridgehead atoms. The molecule has 3 amide bonds. The number of ether oxygens (including phenoxy) is 2. The zero-order chi connectivity index (χ0) is 18.5. The average molecular weight is 356 g/mol. The second kappa shape index (κ2) is 7.73. The summed E-state index contributed by atoms with van der Waals surface area (Å²) in [6.07, 6.45) is 1.50. The SMILES string of the molecule is COc1ccc(NC(=O)CN2CCN(c3ccccc3OC)C2=O)cn1. The monoisotopic (exact) mass is 356 g/mol. The minimum Gasteiger partial charge on any atom is -0.495 e. The third-order valence-corrected chi connectivity index (χ3v) is 4.03. The lowest BCUT2D eigenvalue weighted by molar-refractivity contribution is -0.116. The van der Waals surface area contributed by atoms with Crippen LogP contribution in [0.3, 0.4) is 0 Å². The first-order chi connectivity index (χ1) is 12.6. The second-order valence-corrected chi connectivity index (χ2v) is 5.67. The van der Waals surface area contributed by atoms with E-state index in [-0.39, 0.29) is 18.5 Å². The van der Waals surface area contributed by atoms with Crippen molar-refractivity contribution < 1.29 is 19.1 Å². The number of carbonyl (C=O) groups is 2. The van der Waals surface area contributed by atoms with Gasteiger partial charge in [0, 0.05) is 19.2 Å². The number of para-hydroxylation sites is 2. The van der Waals surface area contributed by atoms with Gasteiger partial charge in [-0.05, 0) is 18.2 Å². The van der Waals surface area contributed by atoms with Gasteiger partial charge in [-0.15, -0.1) is 0 Å². The van der Waals surface area contributed by atoms with Crippen molar-refractivity contribution in [1.82, 2.24) is 9.88 Å². The van der Waals surface area contributed by atoms with Gasteiger partial charge in [0.05, 0.1) is 31.8 Å². The molecule has 1 aliphatic rings. The molecule has 26 heavy (non-hydrogen) atoms. The van der Waals surface area contributed by atoms with E-state index in [2.05, 4.69) is 10.3 Å². The molecule has 1 aliphatic heterocycles. The topological polar surface area (TPSA) is 84.0 Å². The Morgan fingerprint density at radius 3 is 2.65 bits per heavy atom.